The van der Waals surface area contributed by atoms with Crippen molar-refractivity contribution in [1.29, 1.82) is 0 Å². The summed E-state index contributed by atoms with van der Waals surface area (Å²) >= 11 is 0. The number of carboxylic acid groups (broad SMARTS) is 1. The van der Waals surface area contributed by atoms with E-state index in [4.69, 9.17) is 20.9 Å². The van der Waals surface area contributed by atoms with E-state index < -0.39 is 37.0 Å². The van der Waals surface area contributed by atoms with Gasteiger partial charge in [-0.05, 0) is 24.4 Å². The molecule has 6 N–H and O–H groups in total. The molecule has 1 aromatic rings. The number of hydrogen-bond acceptors (Lipinski definition) is 7. The first-order valence-electron chi connectivity index (χ1n) is 8.49. The normalized spacial score (nSPS) is 16.8. The monoisotopic (exact) mass is 413 g/mol. The number of carbonyl (C=O) groups excluding carboxylic acids is 2. The summed E-state index contributed by atoms with van der Waals surface area (Å²) in [6.07, 6.45) is 0.228. The highest BCUT2D eigenvalue weighted by atomic mass is 35.5. The maximum atomic E-state index is 12.1. The summed E-state index contributed by atoms with van der Waals surface area (Å²) in [5.41, 5.74) is 11.2. The molecule has 0 aromatic heterocycles. The van der Waals surface area contributed by atoms with Gasteiger partial charge in [-0.3, -0.25) is 9.59 Å². The van der Waals surface area contributed by atoms with E-state index >= 15 is 0 Å². The van der Waals surface area contributed by atoms with Crippen LogP contribution in [0.4, 0.5) is 0 Å². The van der Waals surface area contributed by atoms with Gasteiger partial charge >= 0.3 is 13.1 Å². The van der Waals surface area contributed by atoms with Crippen molar-refractivity contribution in [2.75, 3.05) is 13.1 Å². The average Bonchev–Trinajstić information content (AvgIpc) is 2.55. The van der Waals surface area contributed by atoms with Crippen LogP contribution in [0.5, 0.6) is 11.5 Å². The molecular weight excluding hydrogens is 392 g/mol. The van der Waals surface area contributed by atoms with Gasteiger partial charge in [-0.1, -0.05) is 6.07 Å². The van der Waals surface area contributed by atoms with Crippen molar-refractivity contribution in [3.8, 4) is 11.5 Å². The number of likely N-dealkylation sites (tertiary alicyclic amines) is 1. The number of aromatic carboxylic acids is 1. The predicted molar refractivity (Wildman–Crippen MR) is 101 cm³/mol. The number of carboxylic acids is 1. The van der Waals surface area contributed by atoms with Gasteiger partial charge in [-0.2, -0.15) is 0 Å². The second-order valence-corrected chi connectivity index (χ2v) is 6.60. The molecule has 0 bridgehead atoms. The van der Waals surface area contributed by atoms with E-state index in [0.29, 0.717) is 18.3 Å². The van der Waals surface area contributed by atoms with Crippen LogP contribution in [-0.2, 0) is 16.0 Å². The topological polar surface area (TPSA) is 165 Å². The van der Waals surface area contributed by atoms with Crippen LogP contribution < -0.4 is 20.9 Å². The second kappa shape index (κ2) is 8.67. The number of benzene rings is 1. The van der Waals surface area contributed by atoms with Gasteiger partial charge in [-0.25, -0.2) is 4.79 Å². The Morgan fingerprint density at radius 1 is 1.36 bits per heavy atom. The van der Waals surface area contributed by atoms with Gasteiger partial charge in [0.05, 0.1) is 25.6 Å². The standard InChI is InChI=1S/C16H20BN3O7.ClH/c18-10(5-12(19)21)15(22)20-6-9(7-20)26-11-2-1-8-3-4-17(25)27-14(8)13(11)16(23)24;/h1-2,9-10,25H,3-7,18H2,(H2,19,21)(H,23,24);1H/t10-;/m0./s1. The van der Waals surface area contributed by atoms with Crippen LogP contribution in [0, 0.1) is 0 Å². The number of ether oxygens (including phenoxy) is 1. The molecule has 28 heavy (non-hydrogen) atoms. The minimum absolute atomic E-state index is 0. The molecular formula is C16H21BClN3O7. The van der Waals surface area contributed by atoms with Crippen LogP contribution in [0.15, 0.2) is 12.1 Å². The maximum absolute atomic E-state index is 12.1. The van der Waals surface area contributed by atoms with Gasteiger partial charge in [0.1, 0.15) is 23.2 Å². The third kappa shape index (κ3) is 4.49. The Balaban J connectivity index is 0.00000280. The van der Waals surface area contributed by atoms with Crippen molar-refractivity contribution in [2.24, 2.45) is 11.5 Å². The van der Waals surface area contributed by atoms with Crippen molar-refractivity contribution < 1.29 is 33.9 Å². The van der Waals surface area contributed by atoms with Gasteiger partial charge in [0, 0.05) is 0 Å². The number of nitrogens with two attached hydrogens (primary N) is 2. The van der Waals surface area contributed by atoms with E-state index in [1.807, 2.05) is 0 Å². The summed E-state index contributed by atoms with van der Waals surface area (Å²) in [7, 11) is -1.06. The predicted octanol–water partition coefficient (Wildman–Crippen LogP) is -0.986. The molecule has 2 amide bonds. The highest BCUT2D eigenvalue weighted by Crippen LogP contribution is 2.37. The number of primary amides is 1. The van der Waals surface area contributed by atoms with Crippen LogP contribution in [0.25, 0.3) is 0 Å². The van der Waals surface area contributed by atoms with E-state index in [0.717, 1.165) is 0 Å². The molecule has 2 aliphatic heterocycles. The molecule has 1 atom stereocenters. The number of halogens is 1. The Bertz CT molecular complexity index is 788. The average molecular weight is 414 g/mol. The van der Waals surface area contributed by atoms with Crippen LogP contribution in [0.2, 0.25) is 6.32 Å². The number of carbonyl (C=O) groups is 3. The second-order valence-electron chi connectivity index (χ2n) is 6.60. The fraction of sp³-hybridized carbons (Fsp3) is 0.438. The van der Waals surface area contributed by atoms with Crippen LogP contribution in [0.1, 0.15) is 22.3 Å². The Hall–Kier alpha value is -2.50. The van der Waals surface area contributed by atoms with Crippen LogP contribution in [0.3, 0.4) is 0 Å². The van der Waals surface area contributed by atoms with Crippen molar-refractivity contribution in [3.63, 3.8) is 0 Å². The first-order valence-corrected chi connectivity index (χ1v) is 8.49. The van der Waals surface area contributed by atoms with Crippen molar-refractivity contribution in [3.05, 3.63) is 23.3 Å². The molecule has 0 aliphatic carbocycles. The number of rotatable bonds is 6. The molecule has 2 heterocycles. The molecule has 152 valence electrons. The van der Waals surface area contributed by atoms with Crippen molar-refractivity contribution in [1.82, 2.24) is 4.90 Å². The molecule has 1 aromatic carbocycles. The lowest BCUT2D eigenvalue weighted by atomic mass is 9.78. The van der Waals surface area contributed by atoms with Gasteiger partial charge < -0.3 is 35.9 Å². The lowest BCUT2D eigenvalue weighted by Gasteiger charge is -2.40. The molecule has 0 radical (unpaired) electrons. The zero-order valence-corrected chi connectivity index (χ0v) is 15.7. The highest BCUT2D eigenvalue weighted by Gasteiger charge is 2.37. The summed E-state index contributed by atoms with van der Waals surface area (Å²) in [6, 6.07) is 2.25. The number of aryl methyl sites for hydroxylation is 1. The van der Waals surface area contributed by atoms with Crippen LogP contribution in [-0.4, -0.2) is 65.2 Å². The molecule has 12 heteroatoms. The molecule has 0 unspecified atom stereocenters. The summed E-state index contributed by atoms with van der Waals surface area (Å²) < 4.78 is 11.0. The lowest BCUT2D eigenvalue weighted by molar-refractivity contribution is -0.142. The number of amides is 2. The molecule has 10 nitrogen and oxygen atoms in total. The van der Waals surface area contributed by atoms with E-state index in [1.54, 1.807) is 12.1 Å². The molecule has 3 rings (SSSR count). The number of fused-ring (bicyclic) bond motifs is 1. The smallest absolute Gasteiger partial charge is 0.522 e. The summed E-state index contributed by atoms with van der Waals surface area (Å²) in [5, 5.41) is 19.2. The minimum atomic E-state index is -1.23. The van der Waals surface area contributed by atoms with Crippen molar-refractivity contribution >= 4 is 37.3 Å². The summed E-state index contributed by atoms with van der Waals surface area (Å²) in [4.78, 5) is 36.0. The van der Waals surface area contributed by atoms with Gasteiger partial charge in [0.15, 0.2) is 0 Å². The Labute approximate surface area is 167 Å². The SMILES string of the molecule is Cl.NC(=O)C[C@H](N)C(=O)N1CC(Oc2ccc3c(c2C(=O)O)OB(O)CC3)C1. The molecule has 1 saturated heterocycles. The number of hydrogen-bond donors (Lipinski definition) is 4. The first-order chi connectivity index (χ1) is 12.8. The molecule has 0 spiro atoms. The largest absolute Gasteiger partial charge is 0.535 e. The zero-order valence-electron chi connectivity index (χ0n) is 14.9. The summed E-state index contributed by atoms with van der Waals surface area (Å²) in [6.45, 7) is 0.426. The maximum Gasteiger partial charge on any atom is 0.522 e. The van der Waals surface area contributed by atoms with Gasteiger partial charge in [-0.15, -0.1) is 12.4 Å². The van der Waals surface area contributed by atoms with Gasteiger partial charge in [0.2, 0.25) is 11.8 Å². The first kappa shape index (κ1) is 21.8. The van der Waals surface area contributed by atoms with Gasteiger partial charge in [0.25, 0.3) is 0 Å². The molecule has 2 aliphatic rings. The Morgan fingerprint density at radius 3 is 2.64 bits per heavy atom. The summed E-state index contributed by atoms with van der Waals surface area (Å²) in [5.74, 6) is -2.09. The molecule has 0 saturated carbocycles. The fourth-order valence-electron chi connectivity index (χ4n) is 3.12. The minimum Gasteiger partial charge on any atom is -0.535 e. The zero-order chi connectivity index (χ0) is 19.7. The third-order valence-electron chi connectivity index (χ3n) is 4.52. The fourth-order valence-corrected chi connectivity index (χ4v) is 3.12. The highest BCUT2D eigenvalue weighted by molar-refractivity contribution is 6.44. The molecule has 1 fully saturated rings. The van der Waals surface area contributed by atoms with Crippen molar-refractivity contribution in [2.45, 2.75) is 31.3 Å². The lowest BCUT2D eigenvalue weighted by Crippen LogP contribution is -2.60. The third-order valence-corrected chi connectivity index (χ3v) is 4.52. The number of nitrogens with zero attached hydrogens (tertiary/aromatic N) is 1. The quantitative estimate of drug-likeness (QED) is 0.432. The van der Waals surface area contributed by atoms with E-state index in [2.05, 4.69) is 0 Å². The van der Waals surface area contributed by atoms with E-state index in [1.165, 1.54) is 4.90 Å². The van der Waals surface area contributed by atoms with Crippen LogP contribution >= 0.6 is 12.4 Å². The van der Waals surface area contributed by atoms with E-state index in [-0.39, 0.29) is 49.0 Å². The van der Waals surface area contributed by atoms with E-state index in [9.17, 15) is 24.5 Å². The Morgan fingerprint density at radius 2 is 2.04 bits per heavy atom. The Kier molecular flexibility index (Phi) is 6.75.